The van der Waals surface area contributed by atoms with Crippen molar-refractivity contribution in [2.45, 2.75) is 19.4 Å². The summed E-state index contributed by atoms with van der Waals surface area (Å²) in [5, 5.41) is 13.5. The predicted molar refractivity (Wildman–Crippen MR) is 69.3 cm³/mol. The molecule has 0 aliphatic heterocycles. The molecule has 2 unspecified atom stereocenters. The van der Waals surface area contributed by atoms with Crippen LogP contribution in [0.2, 0.25) is 0 Å². The molecule has 0 saturated carbocycles. The number of carbonyl (C=O) groups is 3. The van der Waals surface area contributed by atoms with E-state index >= 15 is 0 Å². The van der Waals surface area contributed by atoms with Crippen LogP contribution < -0.4 is 16.4 Å². The standard InChI is InChI=1S/C10H19N3O4S/c1-6(9(15)16)5-12-8(14)7(3-4-18-2)13-10(11)17/h6-7H,3-5H2,1-2H3,(H,12,14)(H,15,16)(H3,11,13,17). The zero-order valence-corrected chi connectivity index (χ0v) is 11.3. The van der Waals surface area contributed by atoms with Gasteiger partial charge in [0.25, 0.3) is 0 Å². The second-order valence-electron chi connectivity index (χ2n) is 3.83. The molecule has 0 aromatic rings. The van der Waals surface area contributed by atoms with Gasteiger partial charge in [-0.25, -0.2) is 4.79 Å². The van der Waals surface area contributed by atoms with Crippen molar-refractivity contribution >= 4 is 29.7 Å². The number of nitrogens with two attached hydrogens (primary N) is 1. The monoisotopic (exact) mass is 277 g/mol. The van der Waals surface area contributed by atoms with Crippen LogP contribution in [-0.2, 0) is 9.59 Å². The molecule has 0 fully saturated rings. The molecule has 0 spiro atoms. The van der Waals surface area contributed by atoms with Crippen molar-refractivity contribution in [3.63, 3.8) is 0 Å². The quantitative estimate of drug-likeness (QED) is 0.481. The molecule has 7 nitrogen and oxygen atoms in total. The number of carboxylic acid groups (broad SMARTS) is 1. The topological polar surface area (TPSA) is 122 Å². The molecule has 0 bridgehead atoms. The lowest BCUT2D eigenvalue weighted by molar-refractivity contribution is -0.141. The van der Waals surface area contributed by atoms with Crippen molar-refractivity contribution in [1.29, 1.82) is 0 Å². The summed E-state index contributed by atoms with van der Waals surface area (Å²) < 4.78 is 0. The molecule has 0 aromatic carbocycles. The number of hydrogen-bond donors (Lipinski definition) is 4. The Morgan fingerprint density at radius 2 is 2.00 bits per heavy atom. The van der Waals surface area contributed by atoms with E-state index in [2.05, 4.69) is 10.6 Å². The molecule has 0 heterocycles. The van der Waals surface area contributed by atoms with Crippen LogP contribution in [-0.4, -0.2) is 47.6 Å². The van der Waals surface area contributed by atoms with Gasteiger partial charge in [-0.15, -0.1) is 0 Å². The molecule has 0 rings (SSSR count). The van der Waals surface area contributed by atoms with Crippen LogP contribution >= 0.6 is 11.8 Å². The molecular weight excluding hydrogens is 258 g/mol. The minimum absolute atomic E-state index is 0.0182. The van der Waals surface area contributed by atoms with Crippen LogP contribution in [0.4, 0.5) is 4.79 Å². The Bertz CT molecular complexity index is 311. The summed E-state index contributed by atoms with van der Waals surface area (Å²) in [4.78, 5) is 33.1. The maximum Gasteiger partial charge on any atom is 0.312 e. The van der Waals surface area contributed by atoms with Crippen molar-refractivity contribution in [2.24, 2.45) is 11.7 Å². The summed E-state index contributed by atoms with van der Waals surface area (Å²) >= 11 is 1.54. The average molecular weight is 277 g/mol. The first-order valence-corrected chi connectivity index (χ1v) is 6.83. The number of thioether (sulfide) groups is 1. The Morgan fingerprint density at radius 1 is 1.39 bits per heavy atom. The third kappa shape index (κ3) is 7.00. The molecular formula is C10H19N3O4S. The molecule has 18 heavy (non-hydrogen) atoms. The average Bonchev–Trinajstić information content (AvgIpc) is 2.30. The third-order valence-corrected chi connectivity index (χ3v) is 2.89. The van der Waals surface area contributed by atoms with Gasteiger partial charge in [0.1, 0.15) is 6.04 Å². The van der Waals surface area contributed by atoms with E-state index < -0.39 is 29.9 Å². The van der Waals surface area contributed by atoms with Gasteiger partial charge in [0.15, 0.2) is 0 Å². The largest absolute Gasteiger partial charge is 0.481 e. The number of rotatable bonds is 8. The molecule has 0 radical (unpaired) electrons. The van der Waals surface area contributed by atoms with E-state index in [0.717, 1.165) is 0 Å². The van der Waals surface area contributed by atoms with E-state index in [9.17, 15) is 14.4 Å². The maximum atomic E-state index is 11.7. The molecule has 0 aromatic heterocycles. The Balaban J connectivity index is 4.27. The Kier molecular flexibility index (Phi) is 7.93. The molecule has 5 N–H and O–H groups in total. The summed E-state index contributed by atoms with van der Waals surface area (Å²) in [6, 6.07) is -1.50. The Hall–Kier alpha value is -1.44. The van der Waals surface area contributed by atoms with E-state index in [1.807, 2.05) is 6.26 Å². The summed E-state index contributed by atoms with van der Waals surface area (Å²) in [6.07, 6.45) is 2.32. The molecule has 0 aliphatic rings. The molecule has 0 aliphatic carbocycles. The van der Waals surface area contributed by atoms with Crippen LogP contribution in [0.15, 0.2) is 0 Å². The first-order valence-electron chi connectivity index (χ1n) is 5.44. The van der Waals surface area contributed by atoms with Gasteiger partial charge in [0.2, 0.25) is 5.91 Å². The number of carbonyl (C=O) groups excluding carboxylic acids is 2. The summed E-state index contributed by atoms with van der Waals surface area (Å²) in [6.45, 7) is 1.51. The Morgan fingerprint density at radius 3 is 2.44 bits per heavy atom. The van der Waals surface area contributed by atoms with Crippen LogP contribution in [0.3, 0.4) is 0 Å². The van der Waals surface area contributed by atoms with Gasteiger partial charge in [-0.1, -0.05) is 6.92 Å². The fourth-order valence-corrected chi connectivity index (χ4v) is 1.61. The first kappa shape index (κ1) is 16.6. The fraction of sp³-hybridized carbons (Fsp3) is 0.700. The normalized spacial score (nSPS) is 13.4. The molecule has 3 amide bonds. The van der Waals surface area contributed by atoms with E-state index in [1.165, 1.54) is 18.7 Å². The molecule has 0 saturated heterocycles. The Labute approximate surface area is 110 Å². The number of nitrogens with one attached hydrogen (secondary N) is 2. The lowest BCUT2D eigenvalue weighted by atomic mass is 10.1. The number of urea groups is 1. The number of amides is 3. The second kappa shape index (κ2) is 8.62. The number of hydrogen-bond acceptors (Lipinski definition) is 4. The molecule has 104 valence electrons. The summed E-state index contributed by atoms with van der Waals surface area (Å²) in [5.41, 5.74) is 4.98. The van der Waals surface area contributed by atoms with Crippen molar-refractivity contribution in [3.05, 3.63) is 0 Å². The molecule has 2 atom stereocenters. The van der Waals surface area contributed by atoms with Crippen molar-refractivity contribution in [2.75, 3.05) is 18.6 Å². The summed E-state index contributed by atoms with van der Waals surface area (Å²) in [7, 11) is 0. The third-order valence-electron chi connectivity index (χ3n) is 2.25. The van der Waals surface area contributed by atoms with Gasteiger partial charge in [-0.05, 0) is 18.4 Å². The zero-order chi connectivity index (χ0) is 14.1. The van der Waals surface area contributed by atoms with Gasteiger partial charge in [-0.3, -0.25) is 9.59 Å². The van der Waals surface area contributed by atoms with Crippen molar-refractivity contribution < 1.29 is 19.5 Å². The van der Waals surface area contributed by atoms with Crippen molar-refractivity contribution in [1.82, 2.24) is 10.6 Å². The lowest BCUT2D eigenvalue weighted by Crippen LogP contribution is -2.49. The van der Waals surface area contributed by atoms with Crippen molar-refractivity contribution in [3.8, 4) is 0 Å². The van der Waals surface area contributed by atoms with E-state index in [-0.39, 0.29) is 6.54 Å². The van der Waals surface area contributed by atoms with Crippen LogP contribution in [0.5, 0.6) is 0 Å². The SMILES string of the molecule is CSCCC(NC(N)=O)C(=O)NCC(C)C(=O)O. The highest BCUT2D eigenvalue weighted by Gasteiger charge is 2.20. The van der Waals surface area contributed by atoms with Gasteiger partial charge in [-0.2, -0.15) is 11.8 Å². The lowest BCUT2D eigenvalue weighted by Gasteiger charge is -2.17. The van der Waals surface area contributed by atoms with Gasteiger partial charge < -0.3 is 21.5 Å². The van der Waals surface area contributed by atoms with Crippen LogP contribution in [0.1, 0.15) is 13.3 Å². The number of carboxylic acids is 1. The number of primary amides is 1. The highest BCUT2D eigenvalue weighted by Crippen LogP contribution is 2.01. The zero-order valence-electron chi connectivity index (χ0n) is 10.4. The van der Waals surface area contributed by atoms with Gasteiger partial charge in [0.05, 0.1) is 5.92 Å². The van der Waals surface area contributed by atoms with E-state index in [4.69, 9.17) is 10.8 Å². The van der Waals surface area contributed by atoms with Crippen LogP contribution in [0, 0.1) is 5.92 Å². The van der Waals surface area contributed by atoms with E-state index in [1.54, 1.807) is 0 Å². The minimum atomic E-state index is -0.987. The minimum Gasteiger partial charge on any atom is -0.481 e. The fourth-order valence-electron chi connectivity index (χ4n) is 1.14. The highest BCUT2D eigenvalue weighted by atomic mass is 32.2. The first-order chi connectivity index (χ1) is 8.38. The smallest absolute Gasteiger partial charge is 0.312 e. The van der Waals surface area contributed by atoms with Crippen LogP contribution in [0.25, 0.3) is 0 Å². The van der Waals surface area contributed by atoms with E-state index in [0.29, 0.717) is 12.2 Å². The predicted octanol–water partition coefficient (Wildman–Crippen LogP) is -0.387. The number of aliphatic carboxylic acids is 1. The molecule has 8 heteroatoms. The van der Waals surface area contributed by atoms with Gasteiger partial charge in [0, 0.05) is 6.54 Å². The van der Waals surface area contributed by atoms with Gasteiger partial charge >= 0.3 is 12.0 Å². The summed E-state index contributed by atoms with van der Waals surface area (Å²) in [5.74, 6) is -1.40. The second-order valence-corrected chi connectivity index (χ2v) is 4.81. The highest BCUT2D eigenvalue weighted by molar-refractivity contribution is 7.98. The maximum absolute atomic E-state index is 11.7.